The van der Waals surface area contributed by atoms with E-state index >= 15 is 0 Å². The second-order valence-electron chi connectivity index (χ2n) is 6.91. The number of anilines is 1. The van der Waals surface area contributed by atoms with Gasteiger partial charge in [-0.2, -0.15) is 0 Å². The standard InChI is InChI=1S/C20H18F2N2O2S/c1-12-6-8-23(9-7-12)18-17(16-3-2-10-27-16)19(25)24(20(18)26)13-4-5-14(21)15(22)11-13/h2-5,10-12H,6-9H2,1H3. The molecule has 7 heteroatoms. The van der Waals surface area contributed by atoms with Gasteiger partial charge in [0.15, 0.2) is 11.6 Å². The Morgan fingerprint density at radius 3 is 2.41 bits per heavy atom. The fourth-order valence-corrected chi connectivity index (χ4v) is 4.31. The van der Waals surface area contributed by atoms with Gasteiger partial charge in [-0.15, -0.1) is 11.3 Å². The molecule has 1 saturated heterocycles. The highest BCUT2D eigenvalue weighted by atomic mass is 32.1. The summed E-state index contributed by atoms with van der Waals surface area (Å²) in [5, 5.41) is 1.84. The van der Waals surface area contributed by atoms with E-state index in [2.05, 4.69) is 6.92 Å². The molecule has 0 atom stereocenters. The van der Waals surface area contributed by atoms with Crippen LogP contribution in [0.5, 0.6) is 0 Å². The molecule has 27 heavy (non-hydrogen) atoms. The van der Waals surface area contributed by atoms with Crippen LogP contribution in [0.1, 0.15) is 24.6 Å². The predicted molar refractivity (Wildman–Crippen MR) is 100 cm³/mol. The van der Waals surface area contributed by atoms with Gasteiger partial charge < -0.3 is 4.90 Å². The normalized spacial score (nSPS) is 18.8. The molecule has 0 N–H and O–H groups in total. The van der Waals surface area contributed by atoms with E-state index in [1.165, 1.54) is 17.4 Å². The summed E-state index contributed by atoms with van der Waals surface area (Å²) >= 11 is 1.38. The molecule has 0 radical (unpaired) electrons. The third kappa shape index (κ3) is 3.06. The average molecular weight is 388 g/mol. The molecule has 1 fully saturated rings. The number of imide groups is 1. The van der Waals surface area contributed by atoms with Crippen molar-refractivity contribution in [2.24, 2.45) is 5.92 Å². The van der Waals surface area contributed by atoms with E-state index in [1.807, 2.05) is 16.3 Å². The minimum Gasteiger partial charge on any atom is -0.366 e. The zero-order valence-corrected chi connectivity index (χ0v) is 15.6. The van der Waals surface area contributed by atoms with Gasteiger partial charge in [0.25, 0.3) is 11.8 Å². The van der Waals surface area contributed by atoms with Gasteiger partial charge >= 0.3 is 0 Å². The minimum atomic E-state index is -1.09. The number of rotatable bonds is 3. The van der Waals surface area contributed by atoms with Crippen molar-refractivity contribution in [1.29, 1.82) is 0 Å². The Morgan fingerprint density at radius 2 is 1.78 bits per heavy atom. The second kappa shape index (κ2) is 6.88. The van der Waals surface area contributed by atoms with Crippen LogP contribution < -0.4 is 4.90 Å². The van der Waals surface area contributed by atoms with Crippen molar-refractivity contribution >= 4 is 34.4 Å². The van der Waals surface area contributed by atoms with E-state index in [-0.39, 0.29) is 5.69 Å². The zero-order chi connectivity index (χ0) is 19.1. The van der Waals surface area contributed by atoms with Crippen molar-refractivity contribution in [3.63, 3.8) is 0 Å². The summed E-state index contributed by atoms with van der Waals surface area (Å²) in [6, 6.07) is 6.68. The maximum Gasteiger partial charge on any atom is 0.282 e. The second-order valence-corrected chi connectivity index (χ2v) is 7.86. The molecule has 2 aromatic rings. The number of piperidine rings is 1. The molecule has 2 aliphatic rings. The number of halogens is 2. The highest BCUT2D eigenvalue weighted by Crippen LogP contribution is 2.38. The monoisotopic (exact) mass is 388 g/mol. The number of thiophene rings is 1. The maximum atomic E-state index is 13.7. The quantitative estimate of drug-likeness (QED) is 0.745. The van der Waals surface area contributed by atoms with E-state index in [4.69, 9.17) is 0 Å². The number of nitrogens with zero attached hydrogens (tertiary/aromatic N) is 2. The molecule has 3 heterocycles. The van der Waals surface area contributed by atoms with E-state index in [0.29, 0.717) is 35.2 Å². The number of amides is 2. The van der Waals surface area contributed by atoms with Crippen LogP contribution in [0.3, 0.4) is 0 Å². The Balaban J connectivity index is 1.78. The van der Waals surface area contributed by atoms with E-state index in [0.717, 1.165) is 29.9 Å². The summed E-state index contributed by atoms with van der Waals surface area (Å²) in [5.41, 5.74) is 0.742. The largest absolute Gasteiger partial charge is 0.366 e. The molecule has 0 unspecified atom stereocenters. The first-order valence-corrected chi connectivity index (χ1v) is 9.72. The number of carbonyl (C=O) groups is 2. The van der Waals surface area contributed by atoms with Crippen LogP contribution >= 0.6 is 11.3 Å². The molecule has 1 aromatic carbocycles. The summed E-state index contributed by atoms with van der Waals surface area (Å²) in [6.45, 7) is 3.55. The molecule has 1 aromatic heterocycles. The van der Waals surface area contributed by atoms with Gasteiger partial charge in [-0.1, -0.05) is 13.0 Å². The third-order valence-electron chi connectivity index (χ3n) is 5.09. The Kier molecular flexibility index (Phi) is 4.55. The Hall–Kier alpha value is -2.54. The Morgan fingerprint density at radius 1 is 1.04 bits per heavy atom. The van der Waals surface area contributed by atoms with Crippen LogP contribution in [0.4, 0.5) is 14.5 Å². The van der Waals surface area contributed by atoms with E-state index in [9.17, 15) is 18.4 Å². The fraction of sp³-hybridized carbons (Fsp3) is 0.300. The van der Waals surface area contributed by atoms with Crippen LogP contribution in [-0.2, 0) is 9.59 Å². The molecule has 0 saturated carbocycles. The Labute approximate surface area is 159 Å². The smallest absolute Gasteiger partial charge is 0.282 e. The van der Waals surface area contributed by atoms with Crippen LogP contribution in [0.2, 0.25) is 0 Å². The van der Waals surface area contributed by atoms with Crippen molar-refractivity contribution in [2.75, 3.05) is 18.0 Å². The lowest BCUT2D eigenvalue weighted by atomic mass is 9.98. The van der Waals surface area contributed by atoms with Crippen LogP contribution in [0, 0.1) is 17.6 Å². The lowest BCUT2D eigenvalue weighted by Gasteiger charge is -2.32. The van der Waals surface area contributed by atoms with Gasteiger partial charge in [0.05, 0.1) is 11.3 Å². The van der Waals surface area contributed by atoms with Crippen molar-refractivity contribution in [3.05, 3.63) is 57.9 Å². The van der Waals surface area contributed by atoms with Crippen molar-refractivity contribution in [2.45, 2.75) is 19.8 Å². The van der Waals surface area contributed by atoms with Gasteiger partial charge in [0.2, 0.25) is 0 Å². The Bertz CT molecular complexity index is 931. The molecule has 2 aliphatic heterocycles. The van der Waals surface area contributed by atoms with Crippen LogP contribution in [-0.4, -0.2) is 29.8 Å². The summed E-state index contributed by atoms with van der Waals surface area (Å²) in [4.78, 5) is 29.9. The molecular formula is C20H18F2N2O2S. The number of benzene rings is 1. The zero-order valence-electron chi connectivity index (χ0n) is 14.7. The van der Waals surface area contributed by atoms with Crippen molar-refractivity contribution in [3.8, 4) is 0 Å². The summed E-state index contributed by atoms with van der Waals surface area (Å²) in [6.07, 6.45) is 1.88. The summed E-state index contributed by atoms with van der Waals surface area (Å²) < 4.78 is 27.0. The molecule has 4 rings (SSSR count). The minimum absolute atomic E-state index is 0.0401. The molecule has 4 nitrogen and oxygen atoms in total. The van der Waals surface area contributed by atoms with Gasteiger partial charge in [-0.3, -0.25) is 9.59 Å². The predicted octanol–water partition coefficient (Wildman–Crippen LogP) is 4.04. The maximum absolute atomic E-state index is 13.7. The fourth-order valence-electron chi connectivity index (χ4n) is 3.55. The highest BCUT2D eigenvalue weighted by molar-refractivity contribution is 7.11. The number of carbonyl (C=O) groups excluding carboxylic acids is 2. The molecule has 0 bridgehead atoms. The highest BCUT2D eigenvalue weighted by Gasteiger charge is 2.43. The number of hydrogen-bond donors (Lipinski definition) is 0. The van der Waals surface area contributed by atoms with E-state index in [1.54, 1.807) is 6.07 Å². The van der Waals surface area contributed by atoms with Gasteiger partial charge in [0, 0.05) is 24.0 Å². The first kappa shape index (κ1) is 17.9. The van der Waals surface area contributed by atoms with Gasteiger partial charge in [-0.25, -0.2) is 13.7 Å². The van der Waals surface area contributed by atoms with Crippen LogP contribution in [0.25, 0.3) is 5.57 Å². The molecule has 2 amide bonds. The van der Waals surface area contributed by atoms with Gasteiger partial charge in [0.1, 0.15) is 5.70 Å². The first-order chi connectivity index (χ1) is 13.0. The summed E-state index contributed by atoms with van der Waals surface area (Å²) in [7, 11) is 0. The number of likely N-dealkylation sites (tertiary alicyclic amines) is 1. The lowest BCUT2D eigenvalue weighted by molar-refractivity contribution is -0.120. The lowest BCUT2D eigenvalue weighted by Crippen LogP contribution is -2.38. The average Bonchev–Trinajstić information content (AvgIpc) is 3.25. The summed E-state index contributed by atoms with van der Waals surface area (Å²) in [5.74, 6) is -2.52. The molecule has 140 valence electrons. The third-order valence-corrected chi connectivity index (χ3v) is 5.98. The van der Waals surface area contributed by atoms with Crippen molar-refractivity contribution < 1.29 is 18.4 Å². The van der Waals surface area contributed by atoms with Crippen molar-refractivity contribution in [1.82, 2.24) is 4.90 Å². The van der Waals surface area contributed by atoms with Crippen LogP contribution in [0.15, 0.2) is 41.4 Å². The molecule has 0 aliphatic carbocycles. The topological polar surface area (TPSA) is 40.6 Å². The molecular weight excluding hydrogens is 370 g/mol. The molecule has 0 spiro atoms. The number of hydrogen-bond acceptors (Lipinski definition) is 4. The SMILES string of the molecule is CC1CCN(C2=C(c3cccs3)C(=O)N(c3ccc(F)c(F)c3)C2=O)CC1. The first-order valence-electron chi connectivity index (χ1n) is 8.84. The van der Waals surface area contributed by atoms with Gasteiger partial charge in [-0.05, 0) is 42.3 Å². The van der Waals surface area contributed by atoms with E-state index < -0.39 is 23.4 Å².